The van der Waals surface area contributed by atoms with Crippen molar-refractivity contribution in [3.05, 3.63) is 52.8 Å². The fourth-order valence-electron chi connectivity index (χ4n) is 3.75. The second-order valence-electron chi connectivity index (χ2n) is 7.20. The molecule has 0 unspecified atom stereocenters. The molecule has 1 aliphatic heterocycles. The maximum Gasteiger partial charge on any atom is 0.293 e. The number of pyridine rings is 1. The standard InChI is InChI=1S/C19H23N5O2/c1-23-9-7-21-17(19(23)26)24-8-3-5-14(12-24)22-18(25)16-10-15(16)13-4-2-6-20-11-13/h2,4,6-7,9,11,14-16H,3,5,8,10,12H2,1H3,(H,22,25)/t14-,15+,16-/m0/s1. The lowest BCUT2D eigenvalue weighted by Crippen LogP contribution is -2.50. The van der Waals surface area contributed by atoms with Crippen molar-refractivity contribution in [2.45, 2.75) is 31.2 Å². The minimum absolute atomic E-state index is 0.0392. The van der Waals surface area contributed by atoms with Crippen molar-refractivity contribution in [1.82, 2.24) is 19.9 Å². The summed E-state index contributed by atoms with van der Waals surface area (Å²) in [6.45, 7) is 1.42. The van der Waals surface area contributed by atoms with E-state index >= 15 is 0 Å². The van der Waals surface area contributed by atoms with Crippen molar-refractivity contribution in [2.24, 2.45) is 13.0 Å². The van der Waals surface area contributed by atoms with Crippen LogP contribution in [0, 0.1) is 5.92 Å². The number of hydrogen-bond acceptors (Lipinski definition) is 5. The molecule has 1 amide bonds. The second-order valence-corrected chi connectivity index (χ2v) is 7.20. The Morgan fingerprint density at radius 2 is 2.23 bits per heavy atom. The summed E-state index contributed by atoms with van der Waals surface area (Å²) in [6, 6.07) is 4.00. The summed E-state index contributed by atoms with van der Waals surface area (Å²) < 4.78 is 1.53. The first-order valence-corrected chi connectivity index (χ1v) is 9.10. The van der Waals surface area contributed by atoms with Gasteiger partial charge in [0.05, 0.1) is 0 Å². The zero-order valence-corrected chi connectivity index (χ0v) is 14.8. The fraction of sp³-hybridized carbons (Fsp3) is 0.474. The van der Waals surface area contributed by atoms with Crippen LogP contribution in [0.3, 0.4) is 0 Å². The number of carbonyl (C=O) groups is 1. The van der Waals surface area contributed by atoms with Crippen LogP contribution in [0.5, 0.6) is 0 Å². The lowest BCUT2D eigenvalue weighted by Gasteiger charge is -2.33. The Morgan fingerprint density at radius 3 is 3.04 bits per heavy atom. The van der Waals surface area contributed by atoms with Crippen LogP contribution in [0.15, 0.2) is 41.7 Å². The van der Waals surface area contributed by atoms with Gasteiger partial charge in [-0.3, -0.25) is 14.6 Å². The highest BCUT2D eigenvalue weighted by atomic mass is 16.2. The third kappa shape index (κ3) is 3.34. The van der Waals surface area contributed by atoms with Crippen molar-refractivity contribution in [2.75, 3.05) is 18.0 Å². The lowest BCUT2D eigenvalue weighted by atomic mass is 10.0. The Morgan fingerprint density at radius 1 is 1.35 bits per heavy atom. The number of aromatic nitrogens is 3. The van der Waals surface area contributed by atoms with E-state index in [9.17, 15) is 9.59 Å². The van der Waals surface area contributed by atoms with Crippen LogP contribution >= 0.6 is 0 Å². The number of rotatable bonds is 4. The number of aryl methyl sites for hydroxylation is 1. The monoisotopic (exact) mass is 353 g/mol. The van der Waals surface area contributed by atoms with Crippen molar-refractivity contribution in [1.29, 1.82) is 0 Å². The topological polar surface area (TPSA) is 80.1 Å². The number of anilines is 1. The summed E-state index contributed by atoms with van der Waals surface area (Å²) in [4.78, 5) is 35.2. The van der Waals surface area contributed by atoms with E-state index in [1.807, 2.05) is 23.2 Å². The molecule has 1 aliphatic carbocycles. The van der Waals surface area contributed by atoms with Crippen LogP contribution in [0.1, 0.15) is 30.7 Å². The number of carbonyl (C=O) groups excluding carboxylic acids is 1. The summed E-state index contributed by atoms with van der Waals surface area (Å²) in [5.74, 6) is 0.900. The van der Waals surface area contributed by atoms with Gasteiger partial charge in [-0.25, -0.2) is 4.98 Å². The predicted octanol–water partition coefficient (Wildman–Crippen LogP) is 1.06. The highest BCUT2D eigenvalue weighted by molar-refractivity contribution is 5.83. The van der Waals surface area contributed by atoms with Crippen LogP contribution in [0.2, 0.25) is 0 Å². The third-order valence-corrected chi connectivity index (χ3v) is 5.31. The van der Waals surface area contributed by atoms with Gasteiger partial charge in [0.2, 0.25) is 5.91 Å². The van der Waals surface area contributed by atoms with Gasteiger partial charge in [-0.15, -0.1) is 0 Å². The van der Waals surface area contributed by atoms with Gasteiger partial charge in [-0.2, -0.15) is 0 Å². The van der Waals surface area contributed by atoms with Gasteiger partial charge < -0.3 is 14.8 Å². The first-order chi connectivity index (χ1) is 12.6. The molecule has 7 heteroatoms. The lowest BCUT2D eigenvalue weighted by molar-refractivity contribution is -0.123. The molecule has 2 aliphatic rings. The highest BCUT2D eigenvalue weighted by Crippen LogP contribution is 2.47. The van der Waals surface area contributed by atoms with E-state index in [1.165, 1.54) is 4.57 Å². The Kier molecular flexibility index (Phi) is 4.44. The maximum atomic E-state index is 12.6. The number of nitrogens with zero attached hydrogens (tertiary/aromatic N) is 4. The molecule has 1 saturated carbocycles. The first-order valence-electron chi connectivity index (χ1n) is 9.10. The van der Waals surface area contributed by atoms with Crippen LogP contribution in [0.4, 0.5) is 5.82 Å². The molecule has 0 aromatic carbocycles. The van der Waals surface area contributed by atoms with Gasteiger partial charge in [-0.1, -0.05) is 6.07 Å². The van der Waals surface area contributed by atoms with Gasteiger partial charge in [0.1, 0.15) is 0 Å². The molecule has 1 saturated heterocycles. The van der Waals surface area contributed by atoms with Crippen LogP contribution in [0.25, 0.3) is 0 Å². The second kappa shape index (κ2) is 6.90. The average molecular weight is 353 g/mol. The molecule has 7 nitrogen and oxygen atoms in total. The van der Waals surface area contributed by atoms with Gasteiger partial charge in [0.15, 0.2) is 5.82 Å². The highest BCUT2D eigenvalue weighted by Gasteiger charge is 2.44. The smallest absolute Gasteiger partial charge is 0.293 e. The molecule has 136 valence electrons. The van der Waals surface area contributed by atoms with E-state index in [1.54, 1.807) is 25.6 Å². The number of hydrogen-bond donors (Lipinski definition) is 1. The molecule has 3 heterocycles. The molecule has 2 aromatic heterocycles. The van der Waals surface area contributed by atoms with Crippen LogP contribution < -0.4 is 15.8 Å². The van der Waals surface area contributed by atoms with Crippen molar-refractivity contribution < 1.29 is 4.79 Å². The Labute approximate surface area is 152 Å². The van der Waals surface area contributed by atoms with Gasteiger partial charge >= 0.3 is 0 Å². The molecule has 4 rings (SSSR count). The zero-order chi connectivity index (χ0) is 18.1. The van der Waals surface area contributed by atoms with Crippen LogP contribution in [-0.2, 0) is 11.8 Å². The Hall–Kier alpha value is -2.70. The Bertz CT molecular complexity index is 851. The molecular formula is C19H23N5O2. The average Bonchev–Trinajstić information content (AvgIpc) is 3.46. The number of piperidine rings is 1. The minimum Gasteiger partial charge on any atom is -0.351 e. The van der Waals surface area contributed by atoms with E-state index in [2.05, 4.69) is 15.3 Å². The largest absolute Gasteiger partial charge is 0.351 e. The molecule has 1 N–H and O–H groups in total. The summed E-state index contributed by atoms with van der Waals surface area (Å²) in [5, 5.41) is 3.18. The predicted molar refractivity (Wildman–Crippen MR) is 97.9 cm³/mol. The van der Waals surface area contributed by atoms with E-state index in [-0.39, 0.29) is 29.3 Å². The summed E-state index contributed by atoms with van der Waals surface area (Å²) in [7, 11) is 1.72. The molecule has 2 aromatic rings. The summed E-state index contributed by atoms with van der Waals surface area (Å²) >= 11 is 0. The molecule has 0 radical (unpaired) electrons. The number of amides is 1. The molecule has 0 spiro atoms. The van der Waals surface area contributed by atoms with E-state index in [0.717, 1.165) is 31.4 Å². The normalized spacial score (nSPS) is 25.0. The summed E-state index contributed by atoms with van der Waals surface area (Å²) in [6.07, 6.45) is 9.63. The van der Waals surface area contributed by atoms with Gasteiger partial charge in [0.25, 0.3) is 5.56 Å². The fourth-order valence-corrected chi connectivity index (χ4v) is 3.75. The SMILES string of the molecule is Cn1ccnc(N2CCC[C@H](NC(=O)[C@H]3C[C@@H]3c3cccnc3)C2)c1=O. The number of nitrogens with one attached hydrogen (secondary N) is 1. The molecule has 26 heavy (non-hydrogen) atoms. The van der Waals surface area contributed by atoms with Crippen LogP contribution in [-0.4, -0.2) is 39.6 Å². The van der Waals surface area contributed by atoms with Gasteiger partial charge in [-0.05, 0) is 36.8 Å². The molecule has 2 fully saturated rings. The van der Waals surface area contributed by atoms with Crippen molar-refractivity contribution in [3.8, 4) is 0 Å². The first kappa shape index (κ1) is 16.8. The van der Waals surface area contributed by atoms with E-state index in [0.29, 0.717) is 12.4 Å². The van der Waals surface area contributed by atoms with Crippen molar-refractivity contribution in [3.63, 3.8) is 0 Å². The molecular weight excluding hydrogens is 330 g/mol. The van der Waals surface area contributed by atoms with E-state index < -0.39 is 0 Å². The van der Waals surface area contributed by atoms with Crippen molar-refractivity contribution >= 4 is 11.7 Å². The van der Waals surface area contributed by atoms with E-state index in [4.69, 9.17) is 0 Å². The molecule has 0 bridgehead atoms. The Balaban J connectivity index is 1.38. The quantitative estimate of drug-likeness (QED) is 0.889. The third-order valence-electron chi connectivity index (χ3n) is 5.31. The minimum atomic E-state index is -0.0988. The zero-order valence-electron chi connectivity index (χ0n) is 14.8. The molecule has 3 atom stereocenters. The van der Waals surface area contributed by atoms with Gasteiger partial charge in [0, 0.05) is 56.9 Å². The maximum absolute atomic E-state index is 12.6. The summed E-state index contributed by atoms with van der Waals surface area (Å²) in [5.41, 5.74) is 1.04.